The van der Waals surface area contributed by atoms with Gasteiger partial charge in [0.15, 0.2) is 0 Å². The summed E-state index contributed by atoms with van der Waals surface area (Å²) in [5.74, 6) is 6.17. The van der Waals surface area contributed by atoms with Gasteiger partial charge < -0.3 is 0 Å². The second-order valence-corrected chi connectivity index (χ2v) is 17.5. The topological polar surface area (TPSA) is 29.5 Å². The first-order chi connectivity index (χ1) is 12.5. The predicted octanol–water partition coefficient (Wildman–Crippen LogP) is 5.23. The molecule has 0 aromatic heterocycles. The van der Waals surface area contributed by atoms with Crippen LogP contribution in [0.2, 0.25) is 16.8 Å². The van der Waals surface area contributed by atoms with E-state index < -0.39 is 13.3 Å². The first kappa shape index (κ1) is 18.6. The average Bonchev–Trinajstić information content (AvgIpc) is 2.68. The molecule has 3 aromatic rings. The Morgan fingerprint density at radius 1 is 0.769 bits per heavy atom. The molecule has 1 N–H and O–H groups in total. The van der Waals surface area contributed by atoms with E-state index in [4.69, 9.17) is 4.74 Å². The Hall–Kier alpha value is -2.20. The first-order valence-electron chi connectivity index (χ1n) is 9.01. The molecule has 0 aliphatic rings. The van der Waals surface area contributed by atoms with E-state index in [1.165, 1.54) is 26.3 Å². The fraction of sp³-hybridized carbons (Fsp3) is 0.217. The van der Waals surface area contributed by atoms with Gasteiger partial charge >= 0.3 is 159 Å². The Kier molecular flexibility index (Phi) is 5.72. The molecular weight excluding hydrogens is 381 g/mol. The van der Waals surface area contributed by atoms with Crippen LogP contribution in [-0.2, 0) is 6.42 Å². The monoisotopic (exact) mass is 408 g/mol. The van der Waals surface area contributed by atoms with Crippen molar-refractivity contribution in [3.63, 3.8) is 0 Å². The number of phenolic OH excluding ortho intramolecular Hbond substituents is 1. The molecule has 2 nitrogen and oxygen atoms in total. The zero-order valence-corrected chi connectivity index (χ0v) is 17.8. The van der Waals surface area contributed by atoms with Crippen LogP contribution in [0.15, 0.2) is 72.8 Å². The fourth-order valence-corrected chi connectivity index (χ4v) is 7.93. The molecule has 134 valence electrons. The van der Waals surface area contributed by atoms with E-state index in [1.54, 1.807) is 19.2 Å². The molecule has 0 aliphatic carbocycles. The Balaban J connectivity index is 1.70. The van der Waals surface area contributed by atoms with Crippen molar-refractivity contribution in [3.8, 4) is 22.6 Å². The summed E-state index contributed by atoms with van der Waals surface area (Å²) >= 11 is -2.05. The van der Waals surface area contributed by atoms with Gasteiger partial charge in [-0.05, 0) is 0 Å². The van der Waals surface area contributed by atoms with E-state index in [0.717, 1.165) is 12.2 Å². The number of hydrogen-bond acceptors (Lipinski definition) is 2. The van der Waals surface area contributed by atoms with Gasteiger partial charge in [0.1, 0.15) is 0 Å². The molecule has 0 aliphatic heterocycles. The van der Waals surface area contributed by atoms with Crippen LogP contribution in [0.5, 0.6) is 11.5 Å². The van der Waals surface area contributed by atoms with E-state index >= 15 is 0 Å². The van der Waals surface area contributed by atoms with Crippen LogP contribution in [0, 0.1) is 0 Å². The van der Waals surface area contributed by atoms with Gasteiger partial charge in [-0.2, -0.15) is 0 Å². The molecule has 3 rings (SSSR count). The first-order valence-corrected chi connectivity index (χ1v) is 15.7. The molecule has 0 bridgehead atoms. The molecule has 0 heterocycles. The fourth-order valence-electron chi connectivity index (χ4n) is 3.16. The summed E-state index contributed by atoms with van der Waals surface area (Å²) in [7, 11) is 1.69. The zero-order chi connectivity index (χ0) is 18.6. The van der Waals surface area contributed by atoms with Gasteiger partial charge in [0.05, 0.1) is 0 Å². The van der Waals surface area contributed by atoms with Crippen molar-refractivity contribution in [1.29, 1.82) is 0 Å². The van der Waals surface area contributed by atoms with Crippen LogP contribution in [-0.4, -0.2) is 25.5 Å². The third kappa shape index (κ3) is 4.50. The van der Waals surface area contributed by atoms with Gasteiger partial charge in [-0.3, -0.25) is 0 Å². The van der Waals surface area contributed by atoms with Gasteiger partial charge in [0, 0.05) is 0 Å². The maximum atomic E-state index is 9.42. The maximum absolute atomic E-state index is 9.42. The normalized spacial score (nSPS) is 11.3. The van der Waals surface area contributed by atoms with Crippen LogP contribution < -0.4 is 9.13 Å². The van der Waals surface area contributed by atoms with Crippen molar-refractivity contribution in [3.05, 3.63) is 78.4 Å². The van der Waals surface area contributed by atoms with Gasteiger partial charge in [-0.25, -0.2) is 0 Å². The molecule has 3 heteroatoms. The molecule has 0 unspecified atom stereocenters. The van der Waals surface area contributed by atoms with Crippen LogP contribution in [0.1, 0.15) is 5.56 Å². The summed E-state index contributed by atoms with van der Waals surface area (Å²) in [5, 5.41) is 10.7. The van der Waals surface area contributed by atoms with Crippen LogP contribution in [0.25, 0.3) is 11.1 Å². The van der Waals surface area contributed by atoms with Crippen molar-refractivity contribution >= 4 is 17.7 Å². The molecular formula is C23H26GeO2. The van der Waals surface area contributed by atoms with Gasteiger partial charge in [-0.1, -0.05) is 0 Å². The Morgan fingerprint density at radius 3 is 1.85 bits per heavy atom. The van der Waals surface area contributed by atoms with Crippen molar-refractivity contribution < 1.29 is 9.84 Å². The number of benzene rings is 3. The van der Waals surface area contributed by atoms with Crippen LogP contribution >= 0.6 is 0 Å². The molecule has 0 saturated carbocycles. The van der Waals surface area contributed by atoms with E-state index in [2.05, 4.69) is 47.9 Å². The number of aromatic hydroxyl groups is 1. The van der Waals surface area contributed by atoms with Crippen molar-refractivity contribution in [2.45, 2.75) is 23.2 Å². The summed E-state index contributed by atoms with van der Waals surface area (Å²) in [5.41, 5.74) is 3.76. The third-order valence-electron chi connectivity index (χ3n) is 5.06. The van der Waals surface area contributed by atoms with Crippen LogP contribution in [0.3, 0.4) is 0 Å². The summed E-state index contributed by atoms with van der Waals surface area (Å²) in [6.45, 7) is 0. The van der Waals surface area contributed by atoms with Crippen molar-refractivity contribution in [2.24, 2.45) is 0 Å². The summed E-state index contributed by atoms with van der Waals surface area (Å²) in [6.07, 6.45) is 1.08. The number of phenols is 1. The molecule has 0 radical (unpaired) electrons. The molecule has 3 aromatic carbocycles. The summed E-state index contributed by atoms with van der Waals surface area (Å²) in [6, 6.07) is 24.9. The Labute approximate surface area is 158 Å². The SMILES string of the molecule is COc1ccc(-c2cc[c]([Ge]([CH3])([CH3])[CH2]Cc3ccc(O)cc3)cc2)cc1. The van der Waals surface area contributed by atoms with Crippen LogP contribution in [0.4, 0.5) is 0 Å². The van der Waals surface area contributed by atoms with E-state index in [0.29, 0.717) is 5.75 Å². The number of hydrogen-bond donors (Lipinski definition) is 1. The quantitative estimate of drug-likeness (QED) is 0.568. The Morgan fingerprint density at radius 2 is 1.31 bits per heavy atom. The number of ether oxygens (including phenoxy) is 1. The van der Waals surface area contributed by atoms with Gasteiger partial charge in [0.25, 0.3) is 0 Å². The predicted molar refractivity (Wildman–Crippen MR) is 112 cm³/mol. The number of rotatable bonds is 6. The molecule has 0 saturated heterocycles. The average molecular weight is 407 g/mol. The van der Waals surface area contributed by atoms with E-state index in [1.807, 2.05) is 24.3 Å². The molecule has 0 spiro atoms. The van der Waals surface area contributed by atoms with Crippen molar-refractivity contribution in [1.82, 2.24) is 0 Å². The second-order valence-electron chi connectivity index (χ2n) is 7.36. The van der Waals surface area contributed by atoms with E-state index in [9.17, 15) is 5.11 Å². The zero-order valence-electron chi connectivity index (χ0n) is 15.7. The van der Waals surface area contributed by atoms with Crippen molar-refractivity contribution in [2.75, 3.05) is 7.11 Å². The second kappa shape index (κ2) is 8.00. The number of aryl methyl sites for hydroxylation is 1. The van der Waals surface area contributed by atoms with Gasteiger partial charge in [-0.15, -0.1) is 0 Å². The van der Waals surface area contributed by atoms with E-state index in [-0.39, 0.29) is 0 Å². The minimum absolute atomic E-state index is 0.337. The number of methoxy groups -OCH3 is 1. The summed E-state index contributed by atoms with van der Waals surface area (Å²) in [4.78, 5) is 0. The van der Waals surface area contributed by atoms with Gasteiger partial charge in [0.2, 0.25) is 0 Å². The molecule has 0 amide bonds. The third-order valence-corrected chi connectivity index (χ3v) is 12.2. The molecule has 26 heavy (non-hydrogen) atoms. The standard InChI is InChI=1S/C23H26GeO2/c1-24(2,17-16-18-4-12-22(25)13-5-18)21-10-6-19(7-11-21)20-8-14-23(26-3)15-9-20/h4-15,25H,16-17H2,1-3H3. The Bertz CT molecular complexity index is 835. The summed E-state index contributed by atoms with van der Waals surface area (Å²) < 4.78 is 6.76. The molecule has 0 fully saturated rings. The minimum atomic E-state index is -2.05. The molecule has 0 atom stereocenters.